The summed E-state index contributed by atoms with van der Waals surface area (Å²) < 4.78 is 0.723. The van der Waals surface area contributed by atoms with Crippen LogP contribution in [0.4, 0.5) is 5.69 Å². The first-order valence-corrected chi connectivity index (χ1v) is 7.47. The van der Waals surface area contributed by atoms with Crippen molar-refractivity contribution in [1.82, 2.24) is 0 Å². The van der Waals surface area contributed by atoms with Crippen molar-refractivity contribution < 1.29 is 4.79 Å². The van der Waals surface area contributed by atoms with Gasteiger partial charge in [-0.05, 0) is 53.5 Å². The number of aryl methyl sites for hydroxylation is 2. The molecule has 0 bridgehead atoms. The maximum absolute atomic E-state index is 12.3. The molecule has 0 aliphatic rings. The number of amides is 1. The molecule has 2 rings (SSSR count). The van der Waals surface area contributed by atoms with Gasteiger partial charge >= 0.3 is 0 Å². The Morgan fingerprint density at radius 3 is 2.55 bits per heavy atom. The Labute approximate surface area is 136 Å². The summed E-state index contributed by atoms with van der Waals surface area (Å²) in [5.74, 6) is -0.255. The highest BCUT2D eigenvalue weighted by atomic mass is 79.9. The molecule has 0 unspecified atom stereocenters. The van der Waals surface area contributed by atoms with E-state index < -0.39 is 0 Å². The van der Waals surface area contributed by atoms with Gasteiger partial charge in [0.05, 0.1) is 21.3 Å². The number of benzene rings is 2. The smallest absolute Gasteiger partial charge is 0.256 e. The zero-order chi connectivity index (χ0) is 14.9. The number of carbonyl (C=O) groups excluding carboxylic acids is 1. The van der Waals surface area contributed by atoms with E-state index in [0.717, 1.165) is 15.6 Å². The lowest BCUT2D eigenvalue weighted by Crippen LogP contribution is -2.13. The van der Waals surface area contributed by atoms with Gasteiger partial charge < -0.3 is 5.32 Å². The van der Waals surface area contributed by atoms with Crippen LogP contribution in [0, 0.1) is 13.8 Å². The Balaban J connectivity index is 2.38. The van der Waals surface area contributed by atoms with Gasteiger partial charge in [0, 0.05) is 4.47 Å². The van der Waals surface area contributed by atoms with Gasteiger partial charge in [0.15, 0.2) is 0 Å². The molecule has 104 valence electrons. The van der Waals surface area contributed by atoms with Crippen molar-refractivity contribution >= 4 is 50.7 Å². The molecule has 0 heterocycles. The molecule has 1 amide bonds. The first-order valence-electron chi connectivity index (χ1n) is 5.92. The molecule has 2 nitrogen and oxygen atoms in total. The predicted octanol–water partition coefficient (Wildman–Crippen LogP) is 5.63. The molecule has 0 saturated carbocycles. The highest BCUT2D eigenvalue weighted by Crippen LogP contribution is 2.33. The van der Waals surface area contributed by atoms with Crippen LogP contribution in [0.1, 0.15) is 21.5 Å². The third-order valence-corrected chi connectivity index (χ3v) is 4.38. The largest absolute Gasteiger partial charge is 0.319 e. The van der Waals surface area contributed by atoms with Crippen LogP contribution in [-0.2, 0) is 0 Å². The molecule has 0 aliphatic heterocycles. The van der Waals surface area contributed by atoms with E-state index in [1.807, 2.05) is 32.0 Å². The van der Waals surface area contributed by atoms with Gasteiger partial charge in [-0.1, -0.05) is 40.9 Å². The van der Waals surface area contributed by atoms with Crippen LogP contribution < -0.4 is 5.32 Å². The molecular formula is C15H12BrCl2NO. The third kappa shape index (κ3) is 3.17. The summed E-state index contributed by atoms with van der Waals surface area (Å²) in [5, 5.41) is 3.64. The van der Waals surface area contributed by atoms with Crippen LogP contribution in [0.3, 0.4) is 0 Å². The summed E-state index contributed by atoms with van der Waals surface area (Å²) in [5.41, 5.74) is 2.83. The lowest BCUT2D eigenvalue weighted by molar-refractivity contribution is 0.102. The second-order valence-electron chi connectivity index (χ2n) is 4.49. The van der Waals surface area contributed by atoms with Gasteiger partial charge in [-0.15, -0.1) is 0 Å². The number of anilines is 1. The van der Waals surface area contributed by atoms with Gasteiger partial charge in [0.25, 0.3) is 5.91 Å². The molecule has 2 aromatic carbocycles. The first kappa shape index (κ1) is 15.4. The van der Waals surface area contributed by atoms with E-state index in [1.165, 1.54) is 0 Å². The average Bonchev–Trinajstić information content (AvgIpc) is 2.41. The molecule has 2 aromatic rings. The van der Waals surface area contributed by atoms with Crippen LogP contribution in [-0.4, -0.2) is 5.91 Å². The predicted molar refractivity (Wildman–Crippen MR) is 88.0 cm³/mol. The lowest BCUT2D eigenvalue weighted by atomic mass is 10.1. The fraction of sp³-hybridized carbons (Fsp3) is 0.133. The van der Waals surface area contributed by atoms with Crippen LogP contribution >= 0.6 is 39.1 Å². The highest BCUT2D eigenvalue weighted by molar-refractivity contribution is 9.10. The van der Waals surface area contributed by atoms with Crippen LogP contribution in [0.5, 0.6) is 0 Å². The van der Waals surface area contributed by atoms with E-state index in [4.69, 9.17) is 23.2 Å². The summed E-state index contributed by atoms with van der Waals surface area (Å²) >= 11 is 15.7. The SMILES string of the molecule is Cc1ccc(Br)c(C(=O)Nc2c(Cl)ccc(C)c2Cl)c1. The van der Waals surface area contributed by atoms with Crippen molar-refractivity contribution in [2.24, 2.45) is 0 Å². The average molecular weight is 373 g/mol. The molecule has 0 spiro atoms. The van der Waals surface area contributed by atoms with Crippen molar-refractivity contribution in [2.75, 3.05) is 5.32 Å². The van der Waals surface area contributed by atoms with Crippen LogP contribution in [0.15, 0.2) is 34.8 Å². The van der Waals surface area contributed by atoms with Gasteiger partial charge in [0.2, 0.25) is 0 Å². The third-order valence-electron chi connectivity index (χ3n) is 2.89. The fourth-order valence-corrected chi connectivity index (χ4v) is 2.66. The molecule has 0 aliphatic carbocycles. The number of nitrogens with one attached hydrogen (secondary N) is 1. The van der Waals surface area contributed by atoms with Crippen molar-refractivity contribution in [2.45, 2.75) is 13.8 Å². The minimum atomic E-state index is -0.255. The Hall–Kier alpha value is -1.03. The van der Waals surface area contributed by atoms with E-state index >= 15 is 0 Å². The Morgan fingerprint density at radius 2 is 1.85 bits per heavy atom. The maximum atomic E-state index is 12.3. The molecule has 0 aromatic heterocycles. The van der Waals surface area contributed by atoms with E-state index in [2.05, 4.69) is 21.2 Å². The lowest BCUT2D eigenvalue weighted by Gasteiger charge is -2.12. The summed E-state index contributed by atoms with van der Waals surface area (Å²) in [6, 6.07) is 9.08. The van der Waals surface area contributed by atoms with E-state index in [0.29, 0.717) is 21.3 Å². The number of hydrogen-bond donors (Lipinski definition) is 1. The first-order chi connectivity index (χ1) is 9.40. The molecule has 0 fully saturated rings. The normalized spacial score (nSPS) is 10.4. The second-order valence-corrected chi connectivity index (χ2v) is 6.13. The molecule has 5 heteroatoms. The molecule has 0 atom stereocenters. The number of rotatable bonds is 2. The van der Waals surface area contributed by atoms with E-state index in [1.54, 1.807) is 12.1 Å². The van der Waals surface area contributed by atoms with E-state index in [-0.39, 0.29) is 5.91 Å². The molecule has 20 heavy (non-hydrogen) atoms. The summed E-state index contributed by atoms with van der Waals surface area (Å²) in [6.07, 6.45) is 0. The fourth-order valence-electron chi connectivity index (χ4n) is 1.77. The zero-order valence-electron chi connectivity index (χ0n) is 10.9. The summed E-state index contributed by atoms with van der Waals surface area (Å²) in [7, 11) is 0. The van der Waals surface area contributed by atoms with Crippen LogP contribution in [0.25, 0.3) is 0 Å². The van der Waals surface area contributed by atoms with Crippen molar-refractivity contribution in [3.8, 4) is 0 Å². The monoisotopic (exact) mass is 371 g/mol. The van der Waals surface area contributed by atoms with Crippen molar-refractivity contribution in [3.63, 3.8) is 0 Å². The zero-order valence-corrected chi connectivity index (χ0v) is 14.0. The molecule has 0 radical (unpaired) electrons. The van der Waals surface area contributed by atoms with Crippen LogP contribution in [0.2, 0.25) is 10.0 Å². The number of halogens is 3. The van der Waals surface area contributed by atoms with Gasteiger partial charge in [-0.3, -0.25) is 4.79 Å². The van der Waals surface area contributed by atoms with Gasteiger partial charge in [-0.2, -0.15) is 0 Å². The van der Waals surface area contributed by atoms with Gasteiger partial charge in [0.1, 0.15) is 0 Å². The quantitative estimate of drug-likeness (QED) is 0.727. The number of carbonyl (C=O) groups is 1. The molecule has 1 N–H and O–H groups in total. The standard InChI is InChI=1S/C15H12BrCl2NO/c1-8-3-5-11(16)10(7-8)15(20)19-14-12(17)6-4-9(2)13(14)18/h3-7H,1-2H3,(H,19,20). The topological polar surface area (TPSA) is 29.1 Å². The summed E-state index contributed by atoms with van der Waals surface area (Å²) in [6.45, 7) is 3.78. The van der Waals surface area contributed by atoms with E-state index in [9.17, 15) is 4.79 Å². The Morgan fingerprint density at radius 1 is 1.15 bits per heavy atom. The van der Waals surface area contributed by atoms with Crippen molar-refractivity contribution in [1.29, 1.82) is 0 Å². The Kier molecular flexibility index (Phi) is 4.74. The highest BCUT2D eigenvalue weighted by Gasteiger charge is 2.15. The minimum absolute atomic E-state index is 0.255. The maximum Gasteiger partial charge on any atom is 0.256 e. The van der Waals surface area contributed by atoms with Crippen molar-refractivity contribution in [3.05, 3.63) is 61.5 Å². The van der Waals surface area contributed by atoms with Gasteiger partial charge in [-0.25, -0.2) is 0 Å². The Bertz CT molecular complexity index is 686. The summed E-state index contributed by atoms with van der Waals surface area (Å²) in [4.78, 5) is 12.3. The number of hydrogen-bond acceptors (Lipinski definition) is 1. The second kappa shape index (κ2) is 6.17. The molecular weight excluding hydrogens is 361 g/mol. The molecule has 0 saturated heterocycles. The minimum Gasteiger partial charge on any atom is -0.319 e.